The van der Waals surface area contributed by atoms with E-state index in [0.717, 1.165) is 15.8 Å². The molecule has 0 bridgehead atoms. The van der Waals surface area contributed by atoms with Crippen molar-refractivity contribution in [3.63, 3.8) is 0 Å². The van der Waals surface area contributed by atoms with Crippen LogP contribution in [0.1, 0.15) is 29.8 Å². The Morgan fingerprint density at radius 2 is 1.81 bits per heavy atom. The summed E-state index contributed by atoms with van der Waals surface area (Å²) in [6.07, 6.45) is 0.861. The van der Waals surface area contributed by atoms with E-state index in [1.54, 1.807) is 18.2 Å². The van der Waals surface area contributed by atoms with Crippen LogP contribution in [-0.2, 0) is 11.2 Å². The molecule has 0 unspecified atom stereocenters. The Hall–Kier alpha value is -2.34. The average molecular weight is 419 g/mol. The summed E-state index contributed by atoms with van der Waals surface area (Å²) in [5.41, 5.74) is 1.62. The lowest BCUT2D eigenvalue weighted by atomic mass is 10.1. The zero-order chi connectivity index (χ0) is 18.9. The minimum Gasteiger partial charge on any atom is -0.491 e. The molecule has 2 aromatic rings. The van der Waals surface area contributed by atoms with Crippen LogP contribution < -0.4 is 15.4 Å². The van der Waals surface area contributed by atoms with Gasteiger partial charge in [0.1, 0.15) is 5.75 Å². The van der Waals surface area contributed by atoms with E-state index in [-0.39, 0.29) is 24.5 Å². The molecule has 0 atom stereocenters. The SMILES string of the molecule is CC(C)Oc1ccc(CCNC(=O)CNC(=O)c2cccc(Br)c2)cc1. The Bertz CT molecular complexity index is 745. The van der Waals surface area contributed by atoms with Gasteiger partial charge in [0, 0.05) is 16.6 Å². The molecule has 26 heavy (non-hydrogen) atoms. The van der Waals surface area contributed by atoms with E-state index in [0.29, 0.717) is 18.5 Å². The second-order valence-electron chi connectivity index (χ2n) is 6.10. The Morgan fingerprint density at radius 1 is 1.08 bits per heavy atom. The summed E-state index contributed by atoms with van der Waals surface area (Å²) in [6.45, 7) is 4.43. The molecule has 2 amide bonds. The van der Waals surface area contributed by atoms with E-state index < -0.39 is 0 Å². The number of carbonyl (C=O) groups excluding carboxylic acids is 2. The summed E-state index contributed by atoms with van der Waals surface area (Å²) in [5.74, 6) is 0.346. The molecule has 138 valence electrons. The van der Waals surface area contributed by atoms with Crippen molar-refractivity contribution in [1.29, 1.82) is 0 Å². The first-order valence-corrected chi connectivity index (χ1v) is 9.29. The Kier molecular flexibility index (Phi) is 7.66. The van der Waals surface area contributed by atoms with Gasteiger partial charge < -0.3 is 15.4 Å². The van der Waals surface area contributed by atoms with E-state index in [9.17, 15) is 9.59 Å². The van der Waals surface area contributed by atoms with Crippen molar-refractivity contribution >= 4 is 27.7 Å². The van der Waals surface area contributed by atoms with Gasteiger partial charge in [0.05, 0.1) is 12.6 Å². The summed E-state index contributed by atoms with van der Waals surface area (Å²) in [5, 5.41) is 5.41. The highest BCUT2D eigenvalue weighted by Crippen LogP contribution is 2.14. The van der Waals surface area contributed by atoms with Gasteiger partial charge in [-0.25, -0.2) is 0 Å². The van der Waals surface area contributed by atoms with Gasteiger partial charge in [0.15, 0.2) is 0 Å². The summed E-state index contributed by atoms with van der Waals surface area (Å²) < 4.78 is 6.42. The van der Waals surface area contributed by atoms with Crippen molar-refractivity contribution in [2.24, 2.45) is 0 Å². The fourth-order valence-corrected chi connectivity index (χ4v) is 2.71. The summed E-state index contributed by atoms with van der Waals surface area (Å²) >= 11 is 3.32. The van der Waals surface area contributed by atoms with Crippen LogP contribution in [0.2, 0.25) is 0 Å². The topological polar surface area (TPSA) is 67.4 Å². The summed E-state index contributed by atoms with van der Waals surface area (Å²) in [4.78, 5) is 23.8. The third kappa shape index (κ3) is 6.88. The first-order chi connectivity index (χ1) is 12.4. The molecule has 5 nitrogen and oxygen atoms in total. The molecule has 0 fully saturated rings. The van der Waals surface area contributed by atoms with Gasteiger partial charge >= 0.3 is 0 Å². The molecule has 0 aliphatic heterocycles. The Morgan fingerprint density at radius 3 is 2.46 bits per heavy atom. The molecule has 2 rings (SSSR count). The van der Waals surface area contributed by atoms with Crippen LogP contribution in [0, 0.1) is 0 Å². The molecule has 0 radical (unpaired) electrons. The number of benzene rings is 2. The minimum atomic E-state index is -0.276. The predicted molar refractivity (Wildman–Crippen MR) is 105 cm³/mol. The molecule has 2 aromatic carbocycles. The van der Waals surface area contributed by atoms with Crippen molar-refractivity contribution in [3.05, 3.63) is 64.1 Å². The maximum atomic E-state index is 12.0. The van der Waals surface area contributed by atoms with Crippen LogP contribution in [-0.4, -0.2) is 31.0 Å². The maximum Gasteiger partial charge on any atom is 0.251 e. The third-order valence-electron chi connectivity index (χ3n) is 3.53. The monoisotopic (exact) mass is 418 g/mol. The van der Waals surface area contributed by atoms with Gasteiger partial charge in [-0.05, 0) is 56.2 Å². The van der Waals surface area contributed by atoms with Crippen molar-refractivity contribution < 1.29 is 14.3 Å². The van der Waals surface area contributed by atoms with E-state index in [1.165, 1.54) is 0 Å². The number of halogens is 1. The van der Waals surface area contributed by atoms with Crippen molar-refractivity contribution in [2.75, 3.05) is 13.1 Å². The number of hydrogen-bond acceptors (Lipinski definition) is 3. The first-order valence-electron chi connectivity index (χ1n) is 8.50. The highest BCUT2D eigenvalue weighted by atomic mass is 79.9. The van der Waals surface area contributed by atoms with Crippen LogP contribution >= 0.6 is 15.9 Å². The molecular formula is C20H23BrN2O3. The normalized spacial score (nSPS) is 10.5. The fourth-order valence-electron chi connectivity index (χ4n) is 2.31. The van der Waals surface area contributed by atoms with Crippen LogP contribution in [0.15, 0.2) is 53.0 Å². The number of ether oxygens (including phenoxy) is 1. The quantitative estimate of drug-likeness (QED) is 0.690. The zero-order valence-electron chi connectivity index (χ0n) is 14.9. The Balaban J connectivity index is 1.69. The van der Waals surface area contributed by atoms with E-state index >= 15 is 0 Å². The Labute approximate surface area is 162 Å². The maximum absolute atomic E-state index is 12.0. The van der Waals surface area contributed by atoms with Crippen LogP contribution in [0.3, 0.4) is 0 Å². The largest absolute Gasteiger partial charge is 0.491 e. The molecule has 0 heterocycles. The number of rotatable bonds is 8. The van der Waals surface area contributed by atoms with Gasteiger partial charge in [0.2, 0.25) is 5.91 Å². The number of carbonyl (C=O) groups is 2. The molecule has 0 saturated carbocycles. The van der Waals surface area contributed by atoms with Crippen molar-refractivity contribution in [2.45, 2.75) is 26.4 Å². The molecule has 0 aliphatic rings. The van der Waals surface area contributed by atoms with E-state index in [1.807, 2.05) is 44.2 Å². The summed E-state index contributed by atoms with van der Waals surface area (Å²) in [7, 11) is 0. The smallest absolute Gasteiger partial charge is 0.251 e. The molecule has 6 heteroatoms. The standard InChI is InChI=1S/C20H23BrN2O3/c1-14(2)26-18-8-6-15(7-9-18)10-11-22-19(24)13-23-20(25)16-4-3-5-17(21)12-16/h3-9,12,14H,10-11,13H2,1-2H3,(H,22,24)(H,23,25). The number of nitrogens with one attached hydrogen (secondary N) is 2. The number of amides is 2. The van der Waals surface area contributed by atoms with Crippen molar-refractivity contribution in [3.8, 4) is 5.75 Å². The highest BCUT2D eigenvalue weighted by molar-refractivity contribution is 9.10. The van der Waals surface area contributed by atoms with Crippen molar-refractivity contribution in [1.82, 2.24) is 10.6 Å². The minimum absolute atomic E-state index is 0.0491. The van der Waals surface area contributed by atoms with Gasteiger partial charge in [-0.1, -0.05) is 34.1 Å². The lowest BCUT2D eigenvalue weighted by molar-refractivity contribution is -0.120. The van der Waals surface area contributed by atoms with E-state index in [2.05, 4.69) is 26.6 Å². The fraction of sp³-hybridized carbons (Fsp3) is 0.300. The lowest BCUT2D eigenvalue weighted by Crippen LogP contribution is -2.37. The van der Waals surface area contributed by atoms with Crippen LogP contribution in [0.4, 0.5) is 0 Å². The molecule has 0 aromatic heterocycles. The zero-order valence-corrected chi connectivity index (χ0v) is 16.5. The molecule has 0 aliphatic carbocycles. The molecule has 2 N–H and O–H groups in total. The summed E-state index contributed by atoms with van der Waals surface area (Å²) in [6, 6.07) is 14.8. The molecule has 0 spiro atoms. The first kappa shape index (κ1) is 20.0. The van der Waals surface area contributed by atoms with Crippen LogP contribution in [0.25, 0.3) is 0 Å². The highest BCUT2D eigenvalue weighted by Gasteiger charge is 2.08. The van der Waals surface area contributed by atoms with Gasteiger partial charge in [-0.3, -0.25) is 9.59 Å². The second kappa shape index (κ2) is 9.97. The van der Waals surface area contributed by atoms with Gasteiger partial charge in [-0.2, -0.15) is 0 Å². The number of hydrogen-bond donors (Lipinski definition) is 2. The van der Waals surface area contributed by atoms with Gasteiger partial charge in [0.25, 0.3) is 5.91 Å². The lowest BCUT2D eigenvalue weighted by Gasteiger charge is -2.10. The average Bonchev–Trinajstić information content (AvgIpc) is 2.60. The predicted octanol–water partition coefficient (Wildman–Crippen LogP) is 3.33. The van der Waals surface area contributed by atoms with Gasteiger partial charge in [-0.15, -0.1) is 0 Å². The third-order valence-corrected chi connectivity index (χ3v) is 4.02. The second-order valence-corrected chi connectivity index (χ2v) is 7.02. The van der Waals surface area contributed by atoms with E-state index in [4.69, 9.17) is 4.74 Å². The molecule has 0 saturated heterocycles. The van der Waals surface area contributed by atoms with Crippen LogP contribution in [0.5, 0.6) is 5.75 Å². The molecular weight excluding hydrogens is 396 g/mol.